The van der Waals surface area contributed by atoms with E-state index in [0.29, 0.717) is 41.4 Å². The minimum absolute atomic E-state index is 0.168. The zero-order chi connectivity index (χ0) is 36.9. The summed E-state index contributed by atoms with van der Waals surface area (Å²) in [5, 5.41) is 72.7. The Morgan fingerprint density at radius 2 is 1.37 bits per heavy atom. The van der Waals surface area contributed by atoms with Gasteiger partial charge in [0.05, 0.1) is 32.0 Å². The largest absolute Gasteiger partial charge is 0.394 e. The Morgan fingerprint density at radius 3 is 2.06 bits per heavy atom. The molecule has 8 fully saturated rings. The Bertz CT molecular complexity index is 1260. The van der Waals surface area contributed by atoms with Crippen molar-refractivity contribution in [3.63, 3.8) is 0 Å². The number of fused-ring (bicyclic) bond motifs is 7. The van der Waals surface area contributed by atoms with E-state index in [2.05, 4.69) is 27.7 Å². The van der Waals surface area contributed by atoms with Gasteiger partial charge in [0.1, 0.15) is 48.8 Å². The molecule has 8 rings (SSSR count). The molecule has 0 radical (unpaired) electrons. The molecule has 4 aliphatic carbocycles. The van der Waals surface area contributed by atoms with Crippen LogP contribution >= 0.6 is 0 Å². The molecule has 0 aromatic heterocycles. The van der Waals surface area contributed by atoms with Crippen LogP contribution in [0.3, 0.4) is 0 Å². The summed E-state index contributed by atoms with van der Waals surface area (Å²) in [5.41, 5.74) is 0.425. The van der Waals surface area contributed by atoms with E-state index in [9.17, 15) is 35.7 Å². The van der Waals surface area contributed by atoms with Gasteiger partial charge in [0.15, 0.2) is 18.4 Å². The first-order chi connectivity index (χ1) is 24.7. The number of aliphatic hydroxyl groups is 7. The van der Waals surface area contributed by atoms with Crippen molar-refractivity contribution in [1.82, 2.24) is 0 Å². The molecule has 22 atom stereocenters. The van der Waals surface area contributed by atoms with Crippen molar-refractivity contribution in [1.29, 1.82) is 0 Å². The Hall–Kier alpha value is -0.520. The highest BCUT2D eigenvalue weighted by molar-refractivity contribution is 5.15. The van der Waals surface area contributed by atoms with Crippen LogP contribution in [-0.2, 0) is 28.4 Å². The van der Waals surface area contributed by atoms with Gasteiger partial charge < -0.3 is 64.2 Å². The molecule has 52 heavy (non-hydrogen) atoms. The van der Waals surface area contributed by atoms with E-state index in [1.807, 2.05) is 0 Å². The van der Waals surface area contributed by atoms with E-state index in [1.165, 1.54) is 25.7 Å². The average molecular weight is 741 g/mol. The van der Waals surface area contributed by atoms with E-state index >= 15 is 0 Å². The SMILES string of the molecule is C[C@@H]1CC[C@@]2(OC1)O[C@@H]1C[C@H]3[C@@H]4CC[C@H]5C[C@H](O[C@H]6O[C@@H](CO)[C@H](O)[C@@H](O)[C@@H]6O[C@H]6O[C@@H](CO)[C@H](O)[C@@H](O)[C@@H]6O)CC[C@@]5(C)[C@H]4CC[C@@]3(C)[C@@H]1[C@H]2C. The first kappa shape index (κ1) is 38.4. The van der Waals surface area contributed by atoms with Gasteiger partial charge >= 0.3 is 0 Å². The lowest BCUT2D eigenvalue weighted by Crippen LogP contribution is -2.65. The highest BCUT2D eigenvalue weighted by Crippen LogP contribution is 2.71. The summed E-state index contributed by atoms with van der Waals surface area (Å²) in [4.78, 5) is 0. The summed E-state index contributed by atoms with van der Waals surface area (Å²) in [7, 11) is 0. The number of hydrogen-bond donors (Lipinski definition) is 7. The summed E-state index contributed by atoms with van der Waals surface area (Å²) in [6, 6.07) is 0. The summed E-state index contributed by atoms with van der Waals surface area (Å²) < 4.78 is 37.5. The molecule has 0 aromatic rings. The minimum atomic E-state index is -1.71. The molecule has 7 N–H and O–H groups in total. The van der Waals surface area contributed by atoms with E-state index in [-0.39, 0.29) is 23.0 Å². The second kappa shape index (κ2) is 14.1. The van der Waals surface area contributed by atoms with Gasteiger partial charge in [0.2, 0.25) is 0 Å². The highest BCUT2D eigenvalue weighted by Gasteiger charge is 2.69. The second-order valence-corrected chi connectivity index (χ2v) is 18.7. The van der Waals surface area contributed by atoms with Gasteiger partial charge in [-0.05, 0) is 104 Å². The number of rotatable bonds is 6. The summed E-state index contributed by atoms with van der Waals surface area (Å²) in [6.45, 7) is 9.33. The van der Waals surface area contributed by atoms with Crippen LogP contribution in [0.15, 0.2) is 0 Å². The molecular formula is C39H64O13. The topological polar surface area (TPSA) is 197 Å². The Morgan fingerprint density at radius 1 is 0.673 bits per heavy atom. The van der Waals surface area contributed by atoms with Gasteiger partial charge in [-0.1, -0.05) is 27.7 Å². The molecule has 298 valence electrons. The molecule has 4 aliphatic heterocycles. The molecule has 1 spiro atoms. The monoisotopic (exact) mass is 740 g/mol. The molecule has 13 heteroatoms. The van der Waals surface area contributed by atoms with Crippen molar-refractivity contribution < 1.29 is 64.2 Å². The van der Waals surface area contributed by atoms with Gasteiger partial charge in [-0.25, -0.2) is 0 Å². The fraction of sp³-hybridized carbons (Fsp3) is 1.00. The van der Waals surface area contributed by atoms with Gasteiger partial charge in [0.25, 0.3) is 0 Å². The molecule has 0 bridgehead atoms. The van der Waals surface area contributed by atoms with E-state index < -0.39 is 80.4 Å². The Kier molecular flexibility index (Phi) is 10.4. The van der Waals surface area contributed by atoms with E-state index in [0.717, 1.165) is 45.1 Å². The molecular weight excluding hydrogens is 676 g/mol. The third-order valence-electron chi connectivity index (χ3n) is 16.2. The highest BCUT2D eigenvalue weighted by atomic mass is 16.8. The summed E-state index contributed by atoms with van der Waals surface area (Å²) in [5.74, 6) is 3.51. The zero-order valence-electron chi connectivity index (χ0n) is 31.2. The maximum Gasteiger partial charge on any atom is 0.187 e. The lowest BCUT2D eigenvalue weighted by atomic mass is 9.44. The van der Waals surface area contributed by atoms with Crippen LogP contribution in [-0.4, -0.2) is 135 Å². The van der Waals surface area contributed by atoms with E-state index in [1.54, 1.807) is 0 Å². The molecule has 0 aromatic carbocycles. The lowest BCUT2D eigenvalue weighted by Gasteiger charge is -2.61. The third kappa shape index (κ3) is 5.98. The predicted octanol–water partition coefficient (Wildman–Crippen LogP) is 1.44. The zero-order valence-corrected chi connectivity index (χ0v) is 31.2. The molecule has 4 saturated heterocycles. The molecule has 4 heterocycles. The summed E-state index contributed by atoms with van der Waals surface area (Å²) in [6.07, 6.45) is -3.88. The van der Waals surface area contributed by atoms with Crippen molar-refractivity contribution in [2.45, 2.75) is 171 Å². The average Bonchev–Trinajstić information content (AvgIpc) is 3.58. The van der Waals surface area contributed by atoms with Crippen LogP contribution in [0.4, 0.5) is 0 Å². The number of hydrogen-bond acceptors (Lipinski definition) is 13. The van der Waals surface area contributed by atoms with Crippen molar-refractivity contribution in [3.8, 4) is 0 Å². The molecule has 0 unspecified atom stereocenters. The Labute approximate surface area is 307 Å². The van der Waals surface area contributed by atoms with Crippen LogP contribution < -0.4 is 0 Å². The molecule has 13 nitrogen and oxygen atoms in total. The first-order valence-corrected chi connectivity index (χ1v) is 20.3. The molecule has 8 aliphatic rings. The summed E-state index contributed by atoms with van der Waals surface area (Å²) >= 11 is 0. The normalized spacial score (nSPS) is 59.0. The van der Waals surface area contributed by atoms with Gasteiger partial charge in [-0.15, -0.1) is 0 Å². The fourth-order valence-electron chi connectivity index (χ4n) is 13.2. The standard InChI is InChI=1S/C39H64O13/c1-18-7-12-39(47-17-18)19(2)28-25(52-39)14-24-22-6-5-20-13-21(8-10-37(20,3)23(22)9-11-38(24,28)4)48-36-34(32(45)30(43)27(16-41)50-36)51-35-33(46)31(44)29(42)26(15-40)49-35/h18-36,40-46H,5-17H2,1-4H3/t18-,19-,20+,21-,22-,23+,24+,25-,26+,27+,28-,29+,30+,31-,32-,33+,34+,35-,36+,37-,38-,39-/m1/s1. The van der Waals surface area contributed by atoms with Crippen LogP contribution in [0.25, 0.3) is 0 Å². The first-order valence-electron chi connectivity index (χ1n) is 20.3. The smallest absolute Gasteiger partial charge is 0.187 e. The van der Waals surface area contributed by atoms with Crippen molar-refractivity contribution in [3.05, 3.63) is 0 Å². The van der Waals surface area contributed by atoms with Crippen LogP contribution in [0.2, 0.25) is 0 Å². The fourth-order valence-corrected chi connectivity index (χ4v) is 13.2. The lowest BCUT2D eigenvalue weighted by molar-refractivity contribution is -0.373. The quantitative estimate of drug-likeness (QED) is 0.194. The molecule has 4 saturated carbocycles. The molecule has 0 amide bonds. The van der Waals surface area contributed by atoms with Crippen molar-refractivity contribution >= 4 is 0 Å². The van der Waals surface area contributed by atoms with Gasteiger partial charge in [-0.3, -0.25) is 0 Å². The number of aliphatic hydroxyl groups excluding tert-OH is 7. The minimum Gasteiger partial charge on any atom is -0.394 e. The maximum atomic E-state index is 11.1. The van der Waals surface area contributed by atoms with Gasteiger partial charge in [0, 0.05) is 12.3 Å². The van der Waals surface area contributed by atoms with Crippen molar-refractivity contribution in [2.75, 3.05) is 19.8 Å². The Balaban J connectivity index is 0.942. The van der Waals surface area contributed by atoms with Crippen LogP contribution in [0, 0.1) is 52.3 Å². The van der Waals surface area contributed by atoms with E-state index in [4.69, 9.17) is 28.4 Å². The third-order valence-corrected chi connectivity index (χ3v) is 16.2. The number of ether oxygens (including phenoxy) is 6. The van der Waals surface area contributed by atoms with Crippen molar-refractivity contribution in [2.24, 2.45) is 52.3 Å². The van der Waals surface area contributed by atoms with Crippen LogP contribution in [0.1, 0.15) is 91.9 Å². The van der Waals surface area contributed by atoms with Crippen LogP contribution in [0.5, 0.6) is 0 Å². The second-order valence-electron chi connectivity index (χ2n) is 18.7. The van der Waals surface area contributed by atoms with Gasteiger partial charge in [-0.2, -0.15) is 0 Å². The maximum absolute atomic E-state index is 11.1. The predicted molar refractivity (Wildman–Crippen MR) is 183 cm³/mol.